The van der Waals surface area contributed by atoms with Crippen molar-refractivity contribution in [3.63, 3.8) is 0 Å². The second-order valence-corrected chi connectivity index (χ2v) is 6.75. The Morgan fingerprint density at radius 2 is 2.09 bits per heavy atom. The number of hydrogen-bond donors (Lipinski definition) is 2. The maximum Gasteiger partial charge on any atom is 0.336 e. The van der Waals surface area contributed by atoms with Gasteiger partial charge in [-0.25, -0.2) is 17.9 Å². The summed E-state index contributed by atoms with van der Waals surface area (Å²) >= 11 is 0. The Morgan fingerprint density at radius 1 is 1.30 bits per heavy atom. The van der Waals surface area contributed by atoms with E-state index in [2.05, 4.69) is 9.71 Å². The predicted octanol–water partition coefficient (Wildman–Crippen LogP) is 1.86. The molecule has 0 spiro atoms. The average molecular weight is 334 g/mol. The average Bonchev–Trinajstić information content (AvgIpc) is 2.55. The molecule has 23 heavy (non-hydrogen) atoms. The molecule has 122 valence electrons. The number of pyridine rings is 1. The van der Waals surface area contributed by atoms with E-state index < -0.39 is 16.0 Å². The molecule has 0 amide bonds. The van der Waals surface area contributed by atoms with Gasteiger partial charge in [0.2, 0.25) is 10.0 Å². The number of benzene rings is 1. The highest BCUT2D eigenvalue weighted by Crippen LogP contribution is 2.17. The predicted molar refractivity (Wildman–Crippen MR) is 85.9 cm³/mol. The number of carbonyl (C=O) groups is 1. The van der Waals surface area contributed by atoms with Crippen LogP contribution in [0.1, 0.15) is 28.4 Å². The van der Waals surface area contributed by atoms with E-state index in [-0.39, 0.29) is 17.0 Å². The van der Waals surface area contributed by atoms with E-state index in [0.29, 0.717) is 18.4 Å². The molecule has 2 aromatic rings. The minimum absolute atomic E-state index is 0.0163. The second-order valence-electron chi connectivity index (χ2n) is 4.99. The molecule has 0 unspecified atom stereocenters. The first kappa shape index (κ1) is 17.1. The number of hydrogen-bond acceptors (Lipinski definition) is 4. The van der Waals surface area contributed by atoms with Crippen LogP contribution in [-0.4, -0.2) is 31.0 Å². The minimum Gasteiger partial charge on any atom is -0.478 e. The quantitative estimate of drug-likeness (QED) is 0.806. The van der Waals surface area contributed by atoms with E-state index in [1.165, 1.54) is 12.1 Å². The number of rotatable bonds is 7. The number of nitrogens with zero attached hydrogens (tertiary/aromatic N) is 1. The topological polar surface area (TPSA) is 96.4 Å². The van der Waals surface area contributed by atoms with Gasteiger partial charge in [-0.15, -0.1) is 0 Å². The molecule has 0 fully saturated rings. The molecule has 1 aromatic heterocycles. The van der Waals surface area contributed by atoms with Crippen LogP contribution in [0, 0.1) is 0 Å². The minimum atomic E-state index is -3.75. The zero-order valence-electron chi connectivity index (χ0n) is 12.7. The van der Waals surface area contributed by atoms with E-state index in [4.69, 9.17) is 0 Å². The maximum atomic E-state index is 12.3. The molecule has 2 rings (SSSR count). The van der Waals surface area contributed by atoms with Crippen molar-refractivity contribution < 1.29 is 18.3 Å². The van der Waals surface area contributed by atoms with Crippen LogP contribution < -0.4 is 4.72 Å². The van der Waals surface area contributed by atoms with Gasteiger partial charge in [0.05, 0.1) is 10.5 Å². The molecular weight excluding hydrogens is 316 g/mol. The molecule has 1 heterocycles. The lowest BCUT2D eigenvalue weighted by atomic mass is 10.1. The first-order valence-corrected chi connectivity index (χ1v) is 8.67. The van der Waals surface area contributed by atoms with Gasteiger partial charge in [0.1, 0.15) is 0 Å². The summed E-state index contributed by atoms with van der Waals surface area (Å²) in [5.41, 5.74) is 1.54. The molecular formula is C16H18N2O4S. The molecule has 6 nitrogen and oxygen atoms in total. The molecule has 0 aliphatic carbocycles. The van der Waals surface area contributed by atoms with Gasteiger partial charge in [-0.05, 0) is 42.2 Å². The van der Waals surface area contributed by atoms with E-state index in [1.54, 1.807) is 24.5 Å². The first-order chi connectivity index (χ1) is 10.9. The Labute approximate surface area is 135 Å². The number of aryl methyl sites for hydroxylation is 1. The van der Waals surface area contributed by atoms with Crippen LogP contribution >= 0.6 is 0 Å². The Bertz CT molecular complexity index is 789. The lowest BCUT2D eigenvalue weighted by molar-refractivity contribution is 0.0695. The zero-order valence-corrected chi connectivity index (χ0v) is 13.5. The highest BCUT2D eigenvalue weighted by Gasteiger charge is 2.18. The van der Waals surface area contributed by atoms with Crippen molar-refractivity contribution in [2.75, 3.05) is 6.54 Å². The molecule has 0 bridgehead atoms. The normalized spacial score (nSPS) is 11.3. The summed E-state index contributed by atoms with van der Waals surface area (Å²) in [6, 6.07) is 7.82. The SMILES string of the molecule is CCc1ccc(S(=O)(=O)NCCc2cccnc2)cc1C(=O)O. The second kappa shape index (κ2) is 7.34. The van der Waals surface area contributed by atoms with Gasteiger partial charge in [0.15, 0.2) is 0 Å². The van der Waals surface area contributed by atoms with Crippen molar-refractivity contribution in [2.45, 2.75) is 24.7 Å². The molecule has 1 aromatic carbocycles. The van der Waals surface area contributed by atoms with E-state index in [1.807, 2.05) is 13.0 Å². The van der Waals surface area contributed by atoms with Crippen LogP contribution in [0.3, 0.4) is 0 Å². The van der Waals surface area contributed by atoms with Gasteiger partial charge in [-0.1, -0.05) is 19.1 Å². The van der Waals surface area contributed by atoms with Crippen molar-refractivity contribution in [1.82, 2.24) is 9.71 Å². The fourth-order valence-electron chi connectivity index (χ4n) is 2.19. The summed E-state index contributed by atoms with van der Waals surface area (Å²) in [5.74, 6) is -1.13. The van der Waals surface area contributed by atoms with Crippen molar-refractivity contribution in [3.05, 3.63) is 59.4 Å². The summed E-state index contributed by atoms with van der Waals surface area (Å²) in [6.07, 6.45) is 4.35. The Morgan fingerprint density at radius 3 is 2.70 bits per heavy atom. The molecule has 0 saturated heterocycles. The maximum absolute atomic E-state index is 12.3. The summed E-state index contributed by atoms with van der Waals surface area (Å²) < 4.78 is 27.0. The highest BCUT2D eigenvalue weighted by atomic mass is 32.2. The number of nitrogens with one attached hydrogen (secondary N) is 1. The Kier molecular flexibility index (Phi) is 5.46. The van der Waals surface area contributed by atoms with Crippen molar-refractivity contribution in [3.8, 4) is 0 Å². The van der Waals surface area contributed by atoms with E-state index in [9.17, 15) is 18.3 Å². The largest absolute Gasteiger partial charge is 0.478 e. The molecule has 7 heteroatoms. The van der Waals surface area contributed by atoms with Crippen LogP contribution in [0.4, 0.5) is 0 Å². The summed E-state index contributed by atoms with van der Waals surface area (Å²) in [4.78, 5) is 15.2. The van der Waals surface area contributed by atoms with Crippen molar-refractivity contribution in [2.24, 2.45) is 0 Å². The smallest absolute Gasteiger partial charge is 0.336 e. The Hall–Kier alpha value is -2.25. The van der Waals surface area contributed by atoms with Crippen LogP contribution in [0.15, 0.2) is 47.6 Å². The molecule has 0 radical (unpaired) electrons. The number of aromatic carboxylic acids is 1. The van der Waals surface area contributed by atoms with Crippen LogP contribution in [-0.2, 0) is 22.9 Å². The van der Waals surface area contributed by atoms with Gasteiger partial charge in [0, 0.05) is 18.9 Å². The zero-order chi connectivity index (χ0) is 16.9. The van der Waals surface area contributed by atoms with Crippen molar-refractivity contribution in [1.29, 1.82) is 0 Å². The summed E-state index contributed by atoms with van der Waals surface area (Å²) in [7, 11) is -3.75. The number of sulfonamides is 1. The third kappa shape index (κ3) is 4.37. The van der Waals surface area contributed by atoms with Crippen molar-refractivity contribution >= 4 is 16.0 Å². The first-order valence-electron chi connectivity index (χ1n) is 7.19. The molecule has 0 saturated carbocycles. The van der Waals surface area contributed by atoms with Gasteiger partial charge >= 0.3 is 5.97 Å². The Balaban J connectivity index is 2.13. The monoisotopic (exact) mass is 334 g/mol. The lowest BCUT2D eigenvalue weighted by Crippen LogP contribution is -2.26. The third-order valence-corrected chi connectivity index (χ3v) is 4.89. The fourth-order valence-corrected chi connectivity index (χ4v) is 3.25. The summed E-state index contributed by atoms with van der Waals surface area (Å²) in [5, 5.41) is 9.19. The standard InChI is InChI=1S/C16H18N2O4S/c1-2-13-5-6-14(10-15(13)16(19)20)23(21,22)18-9-7-12-4-3-8-17-11-12/h3-6,8,10-11,18H,2,7,9H2,1H3,(H,19,20). The van der Waals surface area contributed by atoms with Crippen LogP contribution in [0.2, 0.25) is 0 Å². The van der Waals surface area contributed by atoms with Gasteiger partial charge in [-0.3, -0.25) is 4.98 Å². The molecule has 0 aliphatic heterocycles. The number of carboxylic acid groups (broad SMARTS) is 1. The summed E-state index contributed by atoms with van der Waals surface area (Å²) in [6.45, 7) is 2.04. The lowest BCUT2D eigenvalue weighted by Gasteiger charge is -2.09. The van der Waals surface area contributed by atoms with Crippen LogP contribution in [0.5, 0.6) is 0 Å². The fraction of sp³-hybridized carbons (Fsp3) is 0.250. The van der Waals surface area contributed by atoms with Gasteiger partial charge in [0.25, 0.3) is 0 Å². The third-order valence-electron chi connectivity index (χ3n) is 3.43. The molecule has 2 N–H and O–H groups in total. The van der Waals surface area contributed by atoms with E-state index >= 15 is 0 Å². The molecule has 0 aliphatic rings. The number of aromatic nitrogens is 1. The van der Waals surface area contributed by atoms with Gasteiger partial charge in [-0.2, -0.15) is 0 Å². The molecule has 0 atom stereocenters. The van der Waals surface area contributed by atoms with Gasteiger partial charge < -0.3 is 5.11 Å². The number of carboxylic acids is 1. The van der Waals surface area contributed by atoms with E-state index in [0.717, 1.165) is 5.56 Å². The highest BCUT2D eigenvalue weighted by molar-refractivity contribution is 7.89. The van der Waals surface area contributed by atoms with Crippen LogP contribution in [0.25, 0.3) is 0 Å².